The fourth-order valence-corrected chi connectivity index (χ4v) is 1.80. The minimum atomic E-state index is -0.432. The first-order chi connectivity index (χ1) is 8.61. The van der Waals surface area contributed by atoms with Crippen molar-refractivity contribution in [2.45, 2.75) is 0 Å². The summed E-state index contributed by atoms with van der Waals surface area (Å²) in [6.07, 6.45) is 0. The predicted molar refractivity (Wildman–Crippen MR) is 64.5 cm³/mol. The highest BCUT2D eigenvalue weighted by molar-refractivity contribution is 6.31. The number of ether oxygens (including phenoxy) is 1. The summed E-state index contributed by atoms with van der Waals surface area (Å²) in [6.45, 7) is -0.252. The molecule has 96 valence electrons. The molecule has 0 atom stereocenters. The monoisotopic (exact) mass is 270 g/mol. The molecule has 0 saturated carbocycles. The van der Waals surface area contributed by atoms with E-state index in [1.54, 1.807) is 18.2 Å². The Bertz CT molecular complexity index is 492. The van der Waals surface area contributed by atoms with E-state index in [1.807, 2.05) is 0 Å². The van der Waals surface area contributed by atoms with E-state index in [-0.39, 0.29) is 19.1 Å². The lowest BCUT2D eigenvalue weighted by Crippen LogP contribution is -2.44. The van der Waals surface area contributed by atoms with Gasteiger partial charge in [0.1, 0.15) is 12.3 Å². The van der Waals surface area contributed by atoms with Crippen LogP contribution in [0.5, 0.6) is 5.75 Å². The van der Waals surface area contributed by atoms with Crippen molar-refractivity contribution in [3.05, 3.63) is 23.2 Å². The highest BCUT2D eigenvalue weighted by Gasteiger charge is 2.27. The number of rotatable bonds is 3. The fraction of sp³-hybridized carbons (Fsp3) is 0.273. The zero-order valence-corrected chi connectivity index (χ0v) is 10.4. The minimum absolute atomic E-state index is 0.102. The molecule has 1 aromatic carbocycles. The van der Waals surface area contributed by atoms with E-state index in [0.29, 0.717) is 16.5 Å². The molecule has 0 aromatic heterocycles. The smallest absolute Gasteiger partial charge is 0.265 e. The molecule has 0 radical (unpaired) electrons. The highest BCUT2D eigenvalue weighted by atomic mass is 35.5. The quantitative estimate of drug-likeness (QED) is 0.823. The van der Waals surface area contributed by atoms with Gasteiger partial charge in [0.05, 0.1) is 12.8 Å². The van der Waals surface area contributed by atoms with Crippen LogP contribution in [-0.4, -0.2) is 32.1 Å². The lowest BCUT2D eigenvalue weighted by molar-refractivity contribution is -0.132. The van der Waals surface area contributed by atoms with Gasteiger partial charge in [-0.3, -0.25) is 19.3 Å². The Kier molecular flexibility index (Phi) is 3.69. The number of amides is 2. The zero-order chi connectivity index (χ0) is 13.1. The maximum atomic E-state index is 11.7. The largest absolute Gasteiger partial charge is 0.482 e. The van der Waals surface area contributed by atoms with Gasteiger partial charge in [-0.2, -0.15) is 0 Å². The van der Waals surface area contributed by atoms with Gasteiger partial charge in [-0.25, -0.2) is 5.48 Å². The third-order valence-corrected chi connectivity index (χ3v) is 2.62. The molecule has 1 heterocycles. The summed E-state index contributed by atoms with van der Waals surface area (Å²) < 4.78 is 5.25. The van der Waals surface area contributed by atoms with Crippen molar-refractivity contribution < 1.29 is 19.2 Å². The molecule has 0 saturated heterocycles. The van der Waals surface area contributed by atoms with Gasteiger partial charge in [0.2, 0.25) is 0 Å². The predicted octanol–water partition coefficient (Wildman–Crippen LogP) is 0.743. The van der Waals surface area contributed by atoms with E-state index in [9.17, 15) is 9.59 Å². The van der Waals surface area contributed by atoms with Crippen LogP contribution >= 0.6 is 11.6 Å². The van der Waals surface area contributed by atoms with Crippen molar-refractivity contribution in [3.8, 4) is 5.75 Å². The molecule has 1 aromatic rings. The first-order valence-electron chi connectivity index (χ1n) is 5.16. The summed E-state index contributed by atoms with van der Waals surface area (Å²) in [5.41, 5.74) is 2.63. The van der Waals surface area contributed by atoms with Crippen LogP contribution in [0.3, 0.4) is 0 Å². The molecular formula is C11H11ClN2O4. The molecule has 0 unspecified atom stereocenters. The van der Waals surface area contributed by atoms with Crippen LogP contribution in [0.25, 0.3) is 0 Å². The Hall–Kier alpha value is -1.79. The van der Waals surface area contributed by atoms with Crippen molar-refractivity contribution in [2.75, 3.05) is 25.2 Å². The molecule has 0 aliphatic carbocycles. The van der Waals surface area contributed by atoms with Crippen molar-refractivity contribution >= 4 is 29.1 Å². The fourth-order valence-electron chi connectivity index (χ4n) is 1.64. The lowest BCUT2D eigenvalue weighted by atomic mass is 10.2. The van der Waals surface area contributed by atoms with E-state index in [1.165, 1.54) is 12.0 Å². The Labute approximate surface area is 108 Å². The van der Waals surface area contributed by atoms with E-state index in [0.717, 1.165) is 0 Å². The summed E-state index contributed by atoms with van der Waals surface area (Å²) in [6, 6.07) is 4.89. The lowest BCUT2D eigenvalue weighted by Gasteiger charge is -2.28. The van der Waals surface area contributed by atoms with Crippen LogP contribution in [0.1, 0.15) is 0 Å². The molecule has 0 bridgehead atoms. The standard InChI is InChI=1S/C11H11ClN2O4/c1-17-13-10(15)5-14-8-4-7(12)2-3-9(8)18-6-11(14)16/h2-4H,5-6H2,1H3,(H,13,15). The SMILES string of the molecule is CONC(=O)CN1C(=O)COc2ccc(Cl)cc21. The molecule has 1 aliphatic rings. The molecule has 0 spiro atoms. The number of hydrogen-bond donors (Lipinski definition) is 1. The van der Waals surface area contributed by atoms with Gasteiger partial charge < -0.3 is 4.74 Å². The van der Waals surface area contributed by atoms with Gasteiger partial charge in [0.25, 0.3) is 11.8 Å². The molecule has 0 fully saturated rings. The van der Waals surface area contributed by atoms with Gasteiger partial charge in [-0.15, -0.1) is 0 Å². The summed E-state index contributed by atoms with van der Waals surface area (Å²) in [4.78, 5) is 29.0. The van der Waals surface area contributed by atoms with E-state index < -0.39 is 5.91 Å². The first kappa shape index (κ1) is 12.7. The maximum absolute atomic E-state index is 11.7. The third kappa shape index (κ3) is 2.55. The van der Waals surface area contributed by atoms with Crippen LogP contribution in [0.15, 0.2) is 18.2 Å². The Balaban J connectivity index is 2.27. The Morgan fingerprint density at radius 3 is 3.11 bits per heavy atom. The molecule has 2 rings (SSSR count). The number of anilines is 1. The first-order valence-corrected chi connectivity index (χ1v) is 5.54. The number of nitrogens with one attached hydrogen (secondary N) is 1. The Morgan fingerprint density at radius 1 is 1.61 bits per heavy atom. The van der Waals surface area contributed by atoms with Gasteiger partial charge in [0, 0.05) is 5.02 Å². The van der Waals surface area contributed by atoms with E-state index in [2.05, 4.69) is 10.3 Å². The molecule has 6 nitrogen and oxygen atoms in total. The summed E-state index contributed by atoms with van der Waals surface area (Å²) in [7, 11) is 1.32. The minimum Gasteiger partial charge on any atom is -0.482 e. The number of halogens is 1. The van der Waals surface area contributed by atoms with Crippen LogP contribution in [0, 0.1) is 0 Å². The van der Waals surface area contributed by atoms with Crippen molar-refractivity contribution in [1.82, 2.24) is 5.48 Å². The summed E-state index contributed by atoms with van der Waals surface area (Å²) in [5.74, 6) is -0.223. The van der Waals surface area contributed by atoms with Gasteiger partial charge in [-0.1, -0.05) is 11.6 Å². The Morgan fingerprint density at radius 2 is 2.39 bits per heavy atom. The third-order valence-electron chi connectivity index (χ3n) is 2.38. The van der Waals surface area contributed by atoms with E-state index in [4.69, 9.17) is 16.3 Å². The number of hydroxylamine groups is 1. The summed E-state index contributed by atoms with van der Waals surface area (Å²) in [5, 5.41) is 0.462. The van der Waals surface area contributed by atoms with E-state index >= 15 is 0 Å². The number of fused-ring (bicyclic) bond motifs is 1. The molecule has 2 amide bonds. The second-order valence-corrected chi connectivity index (χ2v) is 4.05. The van der Waals surface area contributed by atoms with Crippen molar-refractivity contribution in [2.24, 2.45) is 0 Å². The summed E-state index contributed by atoms with van der Waals surface area (Å²) >= 11 is 5.87. The number of nitrogens with zero attached hydrogens (tertiary/aromatic N) is 1. The van der Waals surface area contributed by atoms with Gasteiger partial charge >= 0.3 is 0 Å². The van der Waals surface area contributed by atoms with Gasteiger partial charge in [0.15, 0.2) is 6.61 Å². The molecule has 7 heteroatoms. The maximum Gasteiger partial charge on any atom is 0.265 e. The molecule has 1 N–H and O–H groups in total. The number of carbonyl (C=O) groups excluding carboxylic acids is 2. The van der Waals surface area contributed by atoms with Crippen LogP contribution < -0.4 is 15.1 Å². The van der Waals surface area contributed by atoms with Crippen LogP contribution in [0.2, 0.25) is 5.02 Å². The number of hydrogen-bond acceptors (Lipinski definition) is 4. The zero-order valence-electron chi connectivity index (χ0n) is 9.60. The topological polar surface area (TPSA) is 67.9 Å². The van der Waals surface area contributed by atoms with Crippen LogP contribution in [0.4, 0.5) is 5.69 Å². The average molecular weight is 271 g/mol. The number of benzene rings is 1. The van der Waals surface area contributed by atoms with Crippen molar-refractivity contribution in [1.29, 1.82) is 0 Å². The normalized spacial score (nSPS) is 13.9. The molecular weight excluding hydrogens is 260 g/mol. The van der Waals surface area contributed by atoms with Crippen molar-refractivity contribution in [3.63, 3.8) is 0 Å². The molecule has 18 heavy (non-hydrogen) atoms. The highest BCUT2D eigenvalue weighted by Crippen LogP contribution is 2.34. The molecule has 1 aliphatic heterocycles. The second-order valence-electron chi connectivity index (χ2n) is 3.61. The second kappa shape index (κ2) is 5.24. The van der Waals surface area contributed by atoms with Gasteiger partial charge in [-0.05, 0) is 18.2 Å². The number of carbonyl (C=O) groups is 2. The average Bonchev–Trinajstić information content (AvgIpc) is 2.33. The van der Waals surface area contributed by atoms with Crippen LogP contribution in [-0.2, 0) is 14.4 Å².